The first-order chi connectivity index (χ1) is 3.83. The molecule has 0 amide bonds. The first-order valence-corrected chi connectivity index (χ1v) is 2.17. The van der Waals surface area contributed by atoms with Crippen molar-refractivity contribution in [3.05, 3.63) is 6.61 Å². The van der Waals surface area contributed by atoms with E-state index in [-0.39, 0.29) is 64.3 Å². The zero-order valence-corrected chi connectivity index (χ0v) is 10.9. The summed E-state index contributed by atoms with van der Waals surface area (Å²) in [6.45, 7) is 3.78. The van der Waals surface area contributed by atoms with E-state index in [9.17, 15) is 0 Å². The van der Waals surface area contributed by atoms with E-state index in [1.54, 1.807) is 13.7 Å². The van der Waals surface area contributed by atoms with Crippen LogP contribution in [0.5, 0.6) is 0 Å². The minimum absolute atomic E-state index is 0. The molecular formula is C5H9O3Rb. The van der Waals surface area contributed by atoms with Gasteiger partial charge in [-0.25, -0.2) is 6.61 Å². The molecule has 0 aromatic heterocycles. The molecule has 0 aliphatic carbocycles. The summed E-state index contributed by atoms with van der Waals surface area (Å²) in [5, 5.41) is 0. The first-order valence-electron chi connectivity index (χ1n) is 2.17. The van der Waals surface area contributed by atoms with Crippen molar-refractivity contribution in [2.24, 2.45) is 0 Å². The molecule has 0 rings (SSSR count). The second-order valence-electron chi connectivity index (χ2n) is 0.894. The summed E-state index contributed by atoms with van der Waals surface area (Å²) in [6.07, 6.45) is 1.25. The van der Waals surface area contributed by atoms with E-state index < -0.39 is 0 Å². The summed E-state index contributed by atoms with van der Waals surface area (Å²) in [5.74, 6) is 0. The molecule has 0 radical (unpaired) electrons. The Morgan fingerprint density at radius 1 is 1.56 bits per heavy atom. The van der Waals surface area contributed by atoms with Gasteiger partial charge >= 0.3 is 64.3 Å². The molecule has 0 saturated carbocycles. The van der Waals surface area contributed by atoms with Gasteiger partial charge in [-0.05, 0) is 7.11 Å². The fourth-order valence-corrected chi connectivity index (χ4v) is 0.167. The molecule has 0 unspecified atom stereocenters. The predicted molar refractivity (Wildman–Crippen MR) is 26.6 cm³/mol. The van der Waals surface area contributed by atoms with Gasteiger partial charge in [-0.3, -0.25) is 0 Å². The molecule has 9 heavy (non-hydrogen) atoms. The van der Waals surface area contributed by atoms with Crippen LogP contribution in [0.4, 0.5) is 0 Å². The van der Waals surface area contributed by atoms with Crippen LogP contribution in [0.15, 0.2) is 0 Å². The molecule has 0 saturated heterocycles. The number of hydrogen-bond acceptors (Lipinski definition) is 3. The Balaban J connectivity index is -0.0000000800. The van der Waals surface area contributed by atoms with Crippen molar-refractivity contribution < 1.29 is 72.5 Å². The molecule has 0 aromatic rings. The molecule has 0 aliphatic rings. The first kappa shape index (κ1) is 16.6. The van der Waals surface area contributed by atoms with Crippen LogP contribution in [0.25, 0.3) is 0 Å². The topological polar surface area (TPSA) is 43.4 Å². The average Bonchev–Trinajstić information content (AvgIpc) is 1.71. The molecular weight excluding hydrogens is 194 g/mol. The average molecular weight is 203 g/mol. The molecule has 48 valence electrons. The maximum Gasteiger partial charge on any atom is 1.00 e. The molecule has 0 spiro atoms. The number of ether oxygens (including phenoxy) is 1. The monoisotopic (exact) mass is 202 g/mol. The van der Waals surface area contributed by atoms with Gasteiger partial charge in [0.1, 0.15) is 0 Å². The Hall–Kier alpha value is 1.15. The summed E-state index contributed by atoms with van der Waals surface area (Å²) in [4.78, 5) is 16.2. The van der Waals surface area contributed by atoms with E-state index in [2.05, 4.69) is 4.74 Å². The Morgan fingerprint density at radius 3 is 1.89 bits per heavy atom. The van der Waals surface area contributed by atoms with Crippen LogP contribution >= 0.6 is 0 Å². The van der Waals surface area contributed by atoms with Crippen molar-refractivity contribution in [1.82, 2.24) is 0 Å². The van der Waals surface area contributed by atoms with Gasteiger partial charge in [0.15, 0.2) is 0 Å². The van der Waals surface area contributed by atoms with Crippen LogP contribution in [0.3, 0.4) is 0 Å². The van der Waals surface area contributed by atoms with Crippen molar-refractivity contribution in [3.63, 3.8) is 0 Å². The third kappa shape index (κ3) is 47.2. The largest absolute Gasteiger partial charge is 1.00 e. The maximum absolute atomic E-state index is 8.12. The van der Waals surface area contributed by atoms with Gasteiger partial charge in [-0.2, -0.15) is 16.0 Å². The number of carbonyl (C=O) groups excluding carboxylic acids is 2. The summed E-state index contributed by atoms with van der Waals surface area (Å²) >= 11 is 0. The van der Waals surface area contributed by atoms with Gasteiger partial charge in [-0.15, -0.1) is 0 Å². The molecule has 3 nitrogen and oxygen atoms in total. The third-order valence-corrected chi connectivity index (χ3v) is 0.333. The van der Waals surface area contributed by atoms with E-state index >= 15 is 0 Å². The van der Waals surface area contributed by atoms with Crippen LogP contribution in [-0.4, -0.2) is 13.3 Å². The van der Waals surface area contributed by atoms with Crippen LogP contribution in [0.2, 0.25) is 0 Å². The number of rotatable bonds is 2. The molecule has 0 atom stereocenters. The van der Waals surface area contributed by atoms with Gasteiger partial charge in [0.05, 0.1) is 0 Å². The molecule has 0 heterocycles. The van der Waals surface area contributed by atoms with Crippen molar-refractivity contribution in [1.29, 1.82) is 0 Å². The van der Waals surface area contributed by atoms with Crippen molar-refractivity contribution >= 4 is 6.15 Å². The second kappa shape index (κ2) is 22.9. The zero-order valence-electron chi connectivity index (χ0n) is 6.01. The summed E-state index contributed by atoms with van der Waals surface area (Å²) in [5.41, 5.74) is 0. The fourth-order valence-electron chi connectivity index (χ4n) is 0.167. The number of hydrogen-bond donors (Lipinski definition) is 0. The van der Waals surface area contributed by atoms with Crippen molar-refractivity contribution in [3.8, 4) is 0 Å². The summed E-state index contributed by atoms with van der Waals surface area (Å²) in [7, 11) is 1.66. The molecule has 0 aromatic carbocycles. The fraction of sp³-hybridized carbons (Fsp3) is 0.600. The third-order valence-electron chi connectivity index (χ3n) is 0.333. The Bertz CT molecular complexity index is 57.2. The van der Waals surface area contributed by atoms with Crippen LogP contribution in [-0.2, 0) is 14.3 Å². The SMILES string of the molecule is CC[CH-]OC.O=C=O.[Rb+]. The number of methoxy groups -OCH3 is 1. The normalized spacial score (nSPS) is 5.56. The molecule has 0 bridgehead atoms. The minimum atomic E-state index is 0. The molecule has 0 aliphatic heterocycles. The van der Waals surface area contributed by atoms with Crippen molar-refractivity contribution in [2.75, 3.05) is 7.11 Å². The van der Waals surface area contributed by atoms with Gasteiger partial charge < -0.3 is 4.74 Å². The van der Waals surface area contributed by atoms with Crippen LogP contribution in [0, 0.1) is 6.61 Å². The predicted octanol–water partition coefficient (Wildman–Crippen LogP) is -2.37. The van der Waals surface area contributed by atoms with Gasteiger partial charge in [0.25, 0.3) is 0 Å². The van der Waals surface area contributed by atoms with Crippen LogP contribution < -0.4 is 58.2 Å². The molecule has 0 fully saturated rings. The van der Waals surface area contributed by atoms with E-state index in [4.69, 9.17) is 9.59 Å². The van der Waals surface area contributed by atoms with E-state index in [1.165, 1.54) is 0 Å². The quantitative estimate of drug-likeness (QED) is 0.470. The van der Waals surface area contributed by atoms with E-state index in [0.717, 1.165) is 6.42 Å². The summed E-state index contributed by atoms with van der Waals surface area (Å²) in [6, 6.07) is 0. The standard InChI is InChI=1S/C4H9O.CO2.Rb/c1-3-4-5-2;2-1-3;/h4H,3H2,1-2H3;;/q-1;;+1. The van der Waals surface area contributed by atoms with Gasteiger partial charge in [0, 0.05) is 0 Å². The smallest absolute Gasteiger partial charge is 0.554 e. The van der Waals surface area contributed by atoms with Gasteiger partial charge in [-0.1, -0.05) is 6.92 Å². The van der Waals surface area contributed by atoms with E-state index in [1.807, 2.05) is 6.92 Å². The Morgan fingerprint density at radius 2 is 1.89 bits per heavy atom. The minimum Gasteiger partial charge on any atom is -0.554 e. The van der Waals surface area contributed by atoms with Crippen LogP contribution in [0.1, 0.15) is 13.3 Å². The molecule has 4 heteroatoms. The zero-order chi connectivity index (χ0) is 6.83. The second-order valence-corrected chi connectivity index (χ2v) is 0.894. The van der Waals surface area contributed by atoms with Crippen molar-refractivity contribution in [2.45, 2.75) is 13.3 Å². The molecule has 0 N–H and O–H groups in total. The Labute approximate surface area is 104 Å². The maximum atomic E-state index is 8.12. The Kier molecular flexibility index (Phi) is 42.3. The van der Waals surface area contributed by atoms with Gasteiger partial charge in [0.2, 0.25) is 0 Å². The summed E-state index contributed by atoms with van der Waals surface area (Å²) < 4.78 is 4.57. The van der Waals surface area contributed by atoms with E-state index in [0.29, 0.717) is 0 Å².